The highest BCUT2D eigenvalue weighted by molar-refractivity contribution is 5.17. The standard InChI is InChI=1S/C11H16FNO/c1-8(14-2)11(13)7-9-3-5-10(12)6-4-9/h3-6,8,11H,7,13H2,1-2H3. The minimum absolute atomic E-state index is 0.0139. The van der Waals surface area contributed by atoms with E-state index in [1.54, 1.807) is 19.2 Å². The lowest BCUT2D eigenvalue weighted by Gasteiger charge is -2.18. The summed E-state index contributed by atoms with van der Waals surface area (Å²) in [5.41, 5.74) is 6.91. The molecule has 1 rings (SSSR count). The minimum Gasteiger partial charge on any atom is -0.380 e. The van der Waals surface area contributed by atoms with E-state index in [-0.39, 0.29) is 18.0 Å². The van der Waals surface area contributed by atoms with E-state index in [1.165, 1.54) is 12.1 Å². The van der Waals surface area contributed by atoms with Gasteiger partial charge in [0, 0.05) is 13.2 Å². The van der Waals surface area contributed by atoms with E-state index in [4.69, 9.17) is 10.5 Å². The first kappa shape index (κ1) is 11.1. The number of ether oxygens (including phenoxy) is 1. The van der Waals surface area contributed by atoms with Gasteiger partial charge in [0.2, 0.25) is 0 Å². The van der Waals surface area contributed by atoms with Crippen LogP contribution >= 0.6 is 0 Å². The summed E-state index contributed by atoms with van der Waals surface area (Å²) in [4.78, 5) is 0. The van der Waals surface area contributed by atoms with Gasteiger partial charge in [0.05, 0.1) is 6.10 Å². The van der Waals surface area contributed by atoms with Crippen molar-refractivity contribution >= 4 is 0 Å². The van der Waals surface area contributed by atoms with Gasteiger partial charge >= 0.3 is 0 Å². The van der Waals surface area contributed by atoms with Crippen LogP contribution in [0.4, 0.5) is 4.39 Å². The molecule has 1 aromatic rings. The van der Waals surface area contributed by atoms with E-state index in [9.17, 15) is 4.39 Å². The van der Waals surface area contributed by atoms with E-state index >= 15 is 0 Å². The van der Waals surface area contributed by atoms with E-state index in [0.29, 0.717) is 6.42 Å². The number of hydrogen-bond acceptors (Lipinski definition) is 2. The zero-order chi connectivity index (χ0) is 10.6. The Hall–Kier alpha value is -0.930. The maximum Gasteiger partial charge on any atom is 0.123 e. The highest BCUT2D eigenvalue weighted by atomic mass is 19.1. The molecule has 0 saturated carbocycles. The van der Waals surface area contributed by atoms with Crippen LogP contribution in [0.15, 0.2) is 24.3 Å². The quantitative estimate of drug-likeness (QED) is 0.797. The zero-order valence-electron chi connectivity index (χ0n) is 8.53. The summed E-state index contributed by atoms with van der Waals surface area (Å²) in [6.07, 6.45) is 0.718. The SMILES string of the molecule is COC(C)C(N)Cc1ccc(F)cc1. The molecule has 0 aliphatic heterocycles. The van der Waals surface area contributed by atoms with Gasteiger partial charge in [-0.3, -0.25) is 0 Å². The number of nitrogens with two attached hydrogens (primary N) is 1. The van der Waals surface area contributed by atoms with Crippen LogP contribution in [0.1, 0.15) is 12.5 Å². The highest BCUT2D eigenvalue weighted by Crippen LogP contribution is 2.07. The Bertz CT molecular complexity index is 273. The second-order valence-electron chi connectivity index (χ2n) is 3.44. The van der Waals surface area contributed by atoms with E-state index in [1.807, 2.05) is 6.92 Å². The fourth-order valence-electron chi connectivity index (χ4n) is 1.23. The van der Waals surface area contributed by atoms with Crippen molar-refractivity contribution in [3.8, 4) is 0 Å². The van der Waals surface area contributed by atoms with Crippen LogP contribution in [0.25, 0.3) is 0 Å². The fraction of sp³-hybridized carbons (Fsp3) is 0.455. The summed E-state index contributed by atoms with van der Waals surface area (Å²) >= 11 is 0. The lowest BCUT2D eigenvalue weighted by molar-refractivity contribution is 0.0956. The number of benzene rings is 1. The molecule has 14 heavy (non-hydrogen) atoms. The second kappa shape index (κ2) is 5.08. The van der Waals surface area contributed by atoms with E-state index in [2.05, 4.69) is 0 Å². The Balaban J connectivity index is 2.56. The molecule has 0 heterocycles. The second-order valence-corrected chi connectivity index (χ2v) is 3.44. The molecule has 0 spiro atoms. The van der Waals surface area contributed by atoms with Gasteiger partial charge in [0.1, 0.15) is 5.82 Å². The molecule has 0 aliphatic rings. The predicted octanol–water partition coefficient (Wildman–Crippen LogP) is 1.73. The smallest absolute Gasteiger partial charge is 0.123 e. The summed E-state index contributed by atoms with van der Waals surface area (Å²) in [6.45, 7) is 1.92. The van der Waals surface area contributed by atoms with Gasteiger partial charge in [-0.1, -0.05) is 12.1 Å². The van der Waals surface area contributed by atoms with Crippen molar-refractivity contribution in [2.45, 2.75) is 25.5 Å². The van der Waals surface area contributed by atoms with Crippen molar-refractivity contribution in [2.24, 2.45) is 5.73 Å². The average molecular weight is 197 g/mol. The van der Waals surface area contributed by atoms with Gasteiger partial charge in [-0.05, 0) is 31.0 Å². The molecule has 3 heteroatoms. The number of hydrogen-bond donors (Lipinski definition) is 1. The largest absolute Gasteiger partial charge is 0.380 e. The van der Waals surface area contributed by atoms with Gasteiger partial charge in [-0.2, -0.15) is 0 Å². The van der Waals surface area contributed by atoms with E-state index < -0.39 is 0 Å². The fourth-order valence-corrected chi connectivity index (χ4v) is 1.23. The van der Waals surface area contributed by atoms with Crippen molar-refractivity contribution in [1.29, 1.82) is 0 Å². The normalized spacial score (nSPS) is 15.1. The summed E-state index contributed by atoms with van der Waals surface area (Å²) < 4.78 is 17.7. The molecular formula is C11H16FNO. The molecule has 0 amide bonds. The first-order valence-corrected chi connectivity index (χ1v) is 4.66. The Labute approximate surface area is 83.9 Å². The van der Waals surface area contributed by atoms with Crippen molar-refractivity contribution in [2.75, 3.05) is 7.11 Å². The van der Waals surface area contributed by atoms with Crippen LogP contribution in [0.5, 0.6) is 0 Å². The molecule has 2 nitrogen and oxygen atoms in total. The van der Waals surface area contributed by atoms with Gasteiger partial charge in [0.25, 0.3) is 0 Å². The van der Waals surface area contributed by atoms with Gasteiger partial charge in [-0.15, -0.1) is 0 Å². The molecule has 2 N–H and O–H groups in total. The Morgan fingerprint density at radius 1 is 1.36 bits per heavy atom. The molecular weight excluding hydrogens is 181 g/mol. The van der Waals surface area contributed by atoms with E-state index in [0.717, 1.165) is 5.56 Å². The number of rotatable bonds is 4. The maximum atomic E-state index is 12.6. The van der Waals surface area contributed by atoms with Crippen molar-refractivity contribution in [3.63, 3.8) is 0 Å². The third kappa shape index (κ3) is 3.09. The predicted molar refractivity (Wildman–Crippen MR) is 54.6 cm³/mol. The lowest BCUT2D eigenvalue weighted by Crippen LogP contribution is -2.35. The molecule has 1 aromatic carbocycles. The molecule has 0 saturated heterocycles. The molecule has 0 bridgehead atoms. The van der Waals surface area contributed by atoms with Crippen LogP contribution in [-0.2, 0) is 11.2 Å². The summed E-state index contributed by atoms with van der Waals surface area (Å²) in [5, 5.41) is 0. The molecule has 0 radical (unpaired) electrons. The third-order valence-electron chi connectivity index (χ3n) is 2.36. The van der Waals surface area contributed by atoms with Gasteiger partial charge in [-0.25, -0.2) is 4.39 Å². The topological polar surface area (TPSA) is 35.2 Å². The molecule has 0 aromatic heterocycles. The first-order valence-electron chi connectivity index (χ1n) is 4.66. The van der Waals surface area contributed by atoms with Crippen LogP contribution in [-0.4, -0.2) is 19.3 Å². The number of methoxy groups -OCH3 is 1. The van der Waals surface area contributed by atoms with Crippen molar-refractivity contribution in [1.82, 2.24) is 0 Å². The summed E-state index contributed by atoms with van der Waals surface area (Å²) in [7, 11) is 1.63. The van der Waals surface area contributed by atoms with Crippen LogP contribution < -0.4 is 5.73 Å². The van der Waals surface area contributed by atoms with Crippen LogP contribution in [0.3, 0.4) is 0 Å². The summed E-state index contributed by atoms with van der Waals surface area (Å²) in [5.74, 6) is -0.220. The number of halogens is 1. The highest BCUT2D eigenvalue weighted by Gasteiger charge is 2.11. The zero-order valence-corrected chi connectivity index (χ0v) is 8.53. The van der Waals surface area contributed by atoms with Gasteiger partial charge in [0.15, 0.2) is 0 Å². The lowest BCUT2D eigenvalue weighted by atomic mass is 10.0. The molecule has 0 aliphatic carbocycles. The third-order valence-corrected chi connectivity index (χ3v) is 2.36. The monoisotopic (exact) mass is 197 g/mol. The minimum atomic E-state index is -0.220. The van der Waals surface area contributed by atoms with Crippen LogP contribution in [0, 0.1) is 5.82 Å². The van der Waals surface area contributed by atoms with Crippen LogP contribution in [0.2, 0.25) is 0 Å². The Kier molecular flexibility index (Phi) is 4.04. The molecule has 2 unspecified atom stereocenters. The summed E-state index contributed by atoms with van der Waals surface area (Å²) in [6, 6.07) is 6.33. The average Bonchev–Trinajstić information content (AvgIpc) is 2.20. The van der Waals surface area contributed by atoms with Gasteiger partial charge < -0.3 is 10.5 Å². The molecule has 78 valence electrons. The van der Waals surface area contributed by atoms with Crippen molar-refractivity contribution in [3.05, 3.63) is 35.6 Å². The first-order chi connectivity index (χ1) is 6.63. The Morgan fingerprint density at radius 3 is 2.43 bits per heavy atom. The molecule has 2 atom stereocenters. The Morgan fingerprint density at radius 2 is 1.93 bits per heavy atom. The molecule has 0 fully saturated rings. The van der Waals surface area contributed by atoms with Crippen molar-refractivity contribution < 1.29 is 9.13 Å². The maximum absolute atomic E-state index is 12.6.